The average Bonchev–Trinajstić information content (AvgIpc) is 2.42. The van der Waals surface area contributed by atoms with Crippen LogP contribution in [-0.4, -0.2) is 73.2 Å². The van der Waals surface area contributed by atoms with Crippen molar-refractivity contribution in [2.45, 2.75) is 31.4 Å². The largest absolute Gasteiger partial charge is 0.317 e. The van der Waals surface area contributed by atoms with Crippen LogP contribution in [0.15, 0.2) is 0 Å². The van der Waals surface area contributed by atoms with Crippen molar-refractivity contribution in [3.05, 3.63) is 0 Å². The third kappa shape index (κ3) is 5.08. The second-order valence-electron chi connectivity index (χ2n) is 5.50. The van der Waals surface area contributed by atoms with Crippen LogP contribution >= 0.6 is 11.8 Å². The zero-order valence-electron chi connectivity index (χ0n) is 11.9. The van der Waals surface area contributed by atoms with Gasteiger partial charge in [0.25, 0.3) is 0 Å². The number of rotatable bonds is 6. The molecule has 2 heterocycles. The van der Waals surface area contributed by atoms with E-state index in [0.717, 1.165) is 5.25 Å². The lowest BCUT2D eigenvalue weighted by molar-refractivity contribution is 0.138. The summed E-state index contributed by atoms with van der Waals surface area (Å²) in [6, 6.07) is 0. The molecule has 0 amide bonds. The van der Waals surface area contributed by atoms with Gasteiger partial charge in [0.15, 0.2) is 0 Å². The Labute approximate surface area is 117 Å². The highest BCUT2D eigenvalue weighted by atomic mass is 32.2. The van der Waals surface area contributed by atoms with Crippen molar-refractivity contribution in [2.24, 2.45) is 0 Å². The highest BCUT2D eigenvalue weighted by molar-refractivity contribution is 7.99. The third-order valence-corrected chi connectivity index (χ3v) is 5.41. The second kappa shape index (κ2) is 8.41. The van der Waals surface area contributed by atoms with Gasteiger partial charge in [0.05, 0.1) is 0 Å². The van der Waals surface area contributed by atoms with Crippen LogP contribution in [0.5, 0.6) is 0 Å². The highest BCUT2D eigenvalue weighted by Gasteiger charge is 2.17. The van der Waals surface area contributed by atoms with Gasteiger partial charge in [-0.3, -0.25) is 4.90 Å². The van der Waals surface area contributed by atoms with Crippen molar-refractivity contribution in [1.29, 1.82) is 0 Å². The molecule has 0 aromatic carbocycles. The van der Waals surface area contributed by atoms with Gasteiger partial charge in [-0.15, -0.1) is 0 Å². The van der Waals surface area contributed by atoms with Crippen LogP contribution in [0.25, 0.3) is 0 Å². The molecule has 2 fully saturated rings. The van der Waals surface area contributed by atoms with Gasteiger partial charge in [0, 0.05) is 43.7 Å². The molecule has 0 aromatic rings. The molecule has 0 atom stereocenters. The molecular formula is C14H29N3S. The van der Waals surface area contributed by atoms with E-state index >= 15 is 0 Å². The van der Waals surface area contributed by atoms with Gasteiger partial charge in [0.2, 0.25) is 0 Å². The lowest BCUT2D eigenvalue weighted by Crippen LogP contribution is -2.47. The molecule has 106 valence electrons. The first-order valence-corrected chi connectivity index (χ1v) is 8.70. The molecule has 1 N–H and O–H groups in total. The number of thioether (sulfide) groups is 1. The van der Waals surface area contributed by atoms with Crippen LogP contribution in [0.4, 0.5) is 0 Å². The lowest BCUT2D eigenvalue weighted by atomic mass is 10.2. The van der Waals surface area contributed by atoms with E-state index in [1.165, 1.54) is 77.4 Å². The van der Waals surface area contributed by atoms with Crippen LogP contribution in [0, 0.1) is 0 Å². The van der Waals surface area contributed by atoms with Crippen molar-refractivity contribution in [3.8, 4) is 0 Å². The summed E-state index contributed by atoms with van der Waals surface area (Å²) < 4.78 is 0. The van der Waals surface area contributed by atoms with Crippen LogP contribution in [-0.2, 0) is 0 Å². The zero-order valence-corrected chi connectivity index (χ0v) is 12.7. The van der Waals surface area contributed by atoms with E-state index in [4.69, 9.17) is 0 Å². The first-order valence-electron chi connectivity index (χ1n) is 7.65. The molecular weight excluding hydrogens is 242 g/mol. The molecule has 0 unspecified atom stereocenters. The van der Waals surface area contributed by atoms with E-state index in [-0.39, 0.29) is 0 Å². The highest BCUT2D eigenvalue weighted by Crippen LogP contribution is 2.20. The van der Waals surface area contributed by atoms with Gasteiger partial charge in [-0.1, -0.05) is 6.92 Å². The first kappa shape index (κ1) is 14.6. The summed E-state index contributed by atoms with van der Waals surface area (Å²) in [5, 5.41) is 4.37. The number of nitrogens with zero attached hydrogens (tertiary/aromatic N) is 2. The molecule has 0 bridgehead atoms. The molecule has 0 radical (unpaired) electrons. The zero-order chi connectivity index (χ0) is 12.6. The number of hydrogen-bond donors (Lipinski definition) is 1. The van der Waals surface area contributed by atoms with Crippen LogP contribution < -0.4 is 5.32 Å². The monoisotopic (exact) mass is 271 g/mol. The van der Waals surface area contributed by atoms with Gasteiger partial charge in [-0.2, -0.15) is 11.8 Å². The predicted molar refractivity (Wildman–Crippen MR) is 81.5 cm³/mol. The van der Waals surface area contributed by atoms with E-state index in [2.05, 4.69) is 33.8 Å². The van der Waals surface area contributed by atoms with E-state index in [1.54, 1.807) is 0 Å². The molecule has 0 spiro atoms. The summed E-state index contributed by atoms with van der Waals surface area (Å²) in [6.07, 6.45) is 4.04. The van der Waals surface area contributed by atoms with Crippen molar-refractivity contribution in [2.75, 3.05) is 58.1 Å². The molecule has 0 aromatic heterocycles. The summed E-state index contributed by atoms with van der Waals surface area (Å²) in [4.78, 5) is 5.26. The van der Waals surface area contributed by atoms with Gasteiger partial charge in [-0.25, -0.2) is 0 Å². The number of nitrogens with one attached hydrogen (secondary N) is 1. The minimum atomic E-state index is 0.924. The Kier molecular flexibility index (Phi) is 6.84. The molecule has 2 aliphatic heterocycles. The van der Waals surface area contributed by atoms with Gasteiger partial charge in [0.1, 0.15) is 0 Å². The molecule has 3 nitrogen and oxygen atoms in total. The van der Waals surface area contributed by atoms with Crippen molar-refractivity contribution >= 4 is 11.8 Å². The summed E-state index contributed by atoms with van der Waals surface area (Å²) in [5.74, 6) is 1.33. The second-order valence-corrected chi connectivity index (χ2v) is 6.91. The molecule has 2 saturated heterocycles. The van der Waals surface area contributed by atoms with Crippen LogP contribution in [0.1, 0.15) is 26.2 Å². The Balaban J connectivity index is 1.52. The van der Waals surface area contributed by atoms with Crippen molar-refractivity contribution in [1.82, 2.24) is 15.1 Å². The maximum atomic E-state index is 3.44. The quantitative estimate of drug-likeness (QED) is 0.789. The predicted octanol–water partition coefficient (Wildman–Crippen LogP) is 1.50. The lowest BCUT2D eigenvalue weighted by Gasteiger charge is -2.34. The summed E-state index contributed by atoms with van der Waals surface area (Å²) in [5.41, 5.74) is 0. The van der Waals surface area contributed by atoms with Crippen LogP contribution in [0.3, 0.4) is 0 Å². The van der Waals surface area contributed by atoms with Crippen LogP contribution in [0.2, 0.25) is 0 Å². The Bertz CT molecular complexity index is 211. The third-order valence-electron chi connectivity index (χ3n) is 4.05. The van der Waals surface area contributed by atoms with Gasteiger partial charge >= 0.3 is 0 Å². The van der Waals surface area contributed by atoms with Gasteiger partial charge < -0.3 is 10.2 Å². The molecule has 2 rings (SSSR count). The summed E-state index contributed by atoms with van der Waals surface area (Å²) >= 11 is 2.21. The molecule has 0 saturated carbocycles. The van der Waals surface area contributed by atoms with Gasteiger partial charge in [-0.05, 0) is 38.9 Å². The molecule has 4 heteroatoms. The fraction of sp³-hybridized carbons (Fsp3) is 1.00. The Morgan fingerprint density at radius 3 is 2.22 bits per heavy atom. The van der Waals surface area contributed by atoms with E-state index in [0.29, 0.717) is 0 Å². The van der Waals surface area contributed by atoms with E-state index in [9.17, 15) is 0 Å². The Hall–Kier alpha value is 0.230. The standard InChI is InChI=1S/C14H29N3S/c1-2-7-16-8-10-17(11-9-16)12-13-18-14-3-5-15-6-4-14/h14-15H,2-13H2,1H3. The smallest absolute Gasteiger partial charge is 0.0110 e. The average molecular weight is 271 g/mol. The number of piperidine rings is 1. The van der Waals surface area contributed by atoms with E-state index < -0.39 is 0 Å². The fourth-order valence-corrected chi connectivity index (χ4v) is 4.13. The van der Waals surface area contributed by atoms with Crippen molar-refractivity contribution < 1.29 is 0 Å². The maximum Gasteiger partial charge on any atom is 0.0110 e. The molecule has 0 aliphatic carbocycles. The van der Waals surface area contributed by atoms with Crippen molar-refractivity contribution in [3.63, 3.8) is 0 Å². The fourth-order valence-electron chi connectivity index (χ4n) is 2.86. The summed E-state index contributed by atoms with van der Waals surface area (Å²) in [7, 11) is 0. The minimum Gasteiger partial charge on any atom is -0.317 e. The normalized spacial score (nSPS) is 24.5. The minimum absolute atomic E-state index is 0.924. The molecule has 2 aliphatic rings. The topological polar surface area (TPSA) is 18.5 Å². The molecule has 18 heavy (non-hydrogen) atoms. The number of hydrogen-bond acceptors (Lipinski definition) is 4. The Morgan fingerprint density at radius 1 is 1.00 bits per heavy atom. The number of piperazine rings is 1. The SMILES string of the molecule is CCCN1CCN(CCSC2CCNCC2)CC1. The summed E-state index contributed by atoms with van der Waals surface area (Å²) in [6.45, 7) is 12.5. The maximum absolute atomic E-state index is 3.44. The van der Waals surface area contributed by atoms with E-state index in [1.807, 2.05) is 0 Å². The first-order chi connectivity index (χ1) is 8.88. The Morgan fingerprint density at radius 2 is 1.61 bits per heavy atom.